The van der Waals surface area contributed by atoms with E-state index in [9.17, 15) is 39.6 Å². The molecule has 0 aromatic rings. The van der Waals surface area contributed by atoms with E-state index in [1.54, 1.807) is 0 Å². The minimum atomic E-state index is -1.34. The summed E-state index contributed by atoms with van der Waals surface area (Å²) in [5, 5.41) is 39.6. The van der Waals surface area contributed by atoms with Gasteiger partial charge in [0.15, 0.2) is 0 Å². The third-order valence-electron chi connectivity index (χ3n) is 18.6. The lowest BCUT2D eigenvalue weighted by Gasteiger charge is -2.42. The van der Waals surface area contributed by atoms with Crippen molar-refractivity contribution >= 4 is 94.8 Å². The van der Waals surface area contributed by atoms with E-state index in [1.807, 2.05) is 27.7 Å². The zero-order chi connectivity index (χ0) is 72.2. The lowest BCUT2D eigenvalue weighted by molar-refractivity contribution is -0.159. The summed E-state index contributed by atoms with van der Waals surface area (Å²) in [6.45, 7) is 16.7. The molecule has 0 aromatic heterocycles. The summed E-state index contributed by atoms with van der Waals surface area (Å²) < 4.78 is 26.4. The molecule has 0 spiro atoms. The number of carbonyl (C=O) groups excluding carboxylic acids is 4. The first-order chi connectivity index (χ1) is 46.8. The molecule has 0 radical (unpaired) electrons. The summed E-state index contributed by atoms with van der Waals surface area (Å²) in [6, 6.07) is 0. The maximum absolute atomic E-state index is 15.6. The van der Waals surface area contributed by atoms with Crippen LogP contribution in [-0.2, 0) is 57.3 Å². The number of unbranched alkanes of at least 4 members (excludes halogenated alkanes) is 24. The molecule has 0 fully saturated rings. The van der Waals surface area contributed by atoms with Gasteiger partial charge in [-0.25, -0.2) is 0 Å². The van der Waals surface area contributed by atoms with E-state index in [2.05, 4.69) is 27.7 Å². The van der Waals surface area contributed by atoms with E-state index < -0.39 is 101 Å². The molecule has 0 bridgehead atoms. The monoisotopic (exact) mass is 1450 g/mol. The number of ether oxygens (including phenoxy) is 4. The summed E-state index contributed by atoms with van der Waals surface area (Å²) in [7, 11) is 0. The number of carboxylic acids is 4. The number of carboxylic acid groups (broad SMARTS) is 4. The maximum Gasteiger partial charge on any atom is 0.310 e. The molecule has 0 saturated heterocycles. The molecule has 97 heavy (non-hydrogen) atoms. The fourth-order valence-electron chi connectivity index (χ4n) is 12.7. The number of thioether (sulfide) groups is 4. The molecule has 0 aliphatic carbocycles. The maximum atomic E-state index is 15.6. The Morgan fingerprint density at radius 3 is 0.619 bits per heavy atom. The van der Waals surface area contributed by atoms with Crippen LogP contribution in [-0.4, -0.2) is 139 Å². The van der Waals surface area contributed by atoms with Gasteiger partial charge in [-0.05, 0) is 108 Å². The average Bonchev–Trinajstić information content (AvgIpc) is 0.803. The van der Waals surface area contributed by atoms with Gasteiger partial charge in [-0.3, -0.25) is 38.4 Å². The van der Waals surface area contributed by atoms with E-state index in [4.69, 9.17) is 18.9 Å². The molecular weight excluding hydrogens is 1310 g/mol. The Kier molecular flexibility index (Phi) is 62.2. The molecule has 568 valence electrons. The van der Waals surface area contributed by atoms with Gasteiger partial charge in [-0.1, -0.05) is 209 Å². The summed E-state index contributed by atoms with van der Waals surface area (Å²) in [4.78, 5) is 111. The van der Waals surface area contributed by atoms with Gasteiger partial charge in [0.2, 0.25) is 0 Å². The van der Waals surface area contributed by atoms with Crippen LogP contribution in [0, 0.1) is 29.1 Å². The number of carbonyl (C=O) groups is 8. The summed E-state index contributed by atoms with van der Waals surface area (Å²) >= 11 is 5.20. The van der Waals surface area contributed by atoms with Crippen molar-refractivity contribution in [2.45, 2.75) is 362 Å². The normalized spacial score (nSPS) is 14.7. The minimum absolute atomic E-state index is 0.0315. The summed E-state index contributed by atoms with van der Waals surface area (Å²) in [5.41, 5.74) is -1.34. The van der Waals surface area contributed by atoms with Crippen molar-refractivity contribution in [2.24, 2.45) is 29.1 Å². The minimum Gasteiger partial charge on any atom is -0.481 e. The van der Waals surface area contributed by atoms with Gasteiger partial charge in [0.1, 0.15) is 24.4 Å². The lowest BCUT2D eigenvalue weighted by Crippen LogP contribution is -2.42. The molecule has 4 N–H and O–H groups in total. The quantitative estimate of drug-likeness (QED) is 0.0251. The Labute approximate surface area is 606 Å². The van der Waals surface area contributed by atoms with Crippen molar-refractivity contribution in [3.05, 3.63) is 0 Å². The molecule has 0 aliphatic heterocycles. The van der Waals surface area contributed by atoms with Crippen LogP contribution in [0.3, 0.4) is 0 Å². The van der Waals surface area contributed by atoms with Crippen LogP contribution < -0.4 is 0 Å². The molecular formula is C77H140O16S4. The van der Waals surface area contributed by atoms with E-state index in [1.165, 1.54) is 98.4 Å². The Hall–Kier alpha value is -2.84. The third-order valence-corrected chi connectivity index (χ3v) is 23.2. The van der Waals surface area contributed by atoms with Crippen LogP contribution in [0.4, 0.5) is 0 Å². The Bertz CT molecular complexity index is 1740. The van der Waals surface area contributed by atoms with Gasteiger partial charge >= 0.3 is 47.8 Å². The molecule has 20 heteroatoms. The second-order valence-electron chi connectivity index (χ2n) is 27.5. The largest absolute Gasteiger partial charge is 0.481 e. The van der Waals surface area contributed by atoms with Crippen molar-refractivity contribution in [3.63, 3.8) is 0 Å². The predicted octanol–water partition coefficient (Wildman–Crippen LogP) is 20.7. The second-order valence-corrected chi connectivity index (χ2v) is 32.1. The molecule has 8 atom stereocenters. The van der Waals surface area contributed by atoms with Gasteiger partial charge in [0.25, 0.3) is 0 Å². The van der Waals surface area contributed by atoms with Crippen LogP contribution in [0.2, 0.25) is 0 Å². The first-order valence-electron chi connectivity index (χ1n) is 38.8. The number of hydrogen-bond donors (Lipinski definition) is 4. The molecule has 0 rings (SSSR count). The first kappa shape index (κ1) is 94.2. The summed E-state index contributed by atoms with van der Waals surface area (Å²) in [6.07, 6.45) is 32.2. The number of hydrogen-bond acceptors (Lipinski definition) is 16. The molecule has 0 saturated carbocycles. The van der Waals surface area contributed by atoms with Gasteiger partial charge in [-0.2, -0.15) is 47.0 Å². The highest BCUT2D eigenvalue weighted by molar-refractivity contribution is 8.00. The highest BCUT2D eigenvalue weighted by Gasteiger charge is 2.47. The zero-order valence-electron chi connectivity index (χ0n) is 62.2. The molecule has 16 nitrogen and oxygen atoms in total. The summed E-state index contributed by atoms with van der Waals surface area (Å²) in [5.74, 6) is -8.77. The zero-order valence-corrected chi connectivity index (χ0v) is 65.5. The topological polar surface area (TPSA) is 254 Å². The van der Waals surface area contributed by atoms with E-state index in [0.717, 1.165) is 128 Å². The fourth-order valence-corrected chi connectivity index (χ4v) is 16.8. The standard InChI is InChI=1S/C77H140O16S4/c1-9-17-21-25-29-33-37-41-65(13-5)90-73(86)61(57-94-49-45-69(78)79)53-77(54-62(58-95-50-46-70(80)81)74(87)91-66(14-6)42-38-34-30-26-22-18-10-2,55-63(59-96-51-47-71(82)83)75(88)92-67(15-7)43-39-35-31-27-23-19-11-3)56-64(60-97-52-48-72(84)85)76(89)93-68(16-8)44-40-36-32-28-24-20-12-4/h61-68H,9-60H2,1-8H3,(H,78,79)(H,80,81)(H,82,83)(H,84,85). The van der Waals surface area contributed by atoms with Gasteiger partial charge in [0.05, 0.1) is 49.4 Å². The van der Waals surface area contributed by atoms with Crippen molar-refractivity contribution in [2.75, 3.05) is 46.0 Å². The van der Waals surface area contributed by atoms with Crippen molar-refractivity contribution < 1.29 is 77.7 Å². The van der Waals surface area contributed by atoms with Crippen LogP contribution in [0.5, 0.6) is 0 Å². The smallest absolute Gasteiger partial charge is 0.310 e. The van der Waals surface area contributed by atoms with Crippen molar-refractivity contribution in [1.29, 1.82) is 0 Å². The SMILES string of the molecule is CCCCCCCCCC(CC)OC(=O)C(CSCCC(=O)O)CC(CC(CSCCC(=O)O)C(=O)OC(CC)CCCCCCCCC)(CC(CSCCC(=O)O)C(=O)OC(CC)CCCCCCCCC)CC(CSCCC(=O)O)C(=O)OC(CC)CCCCCCCCC. The Morgan fingerprint density at radius 2 is 0.454 bits per heavy atom. The van der Waals surface area contributed by atoms with Gasteiger partial charge in [-0.15, -0.1) is 0 Å². The second kappa shape index (κ2) is 64.0. The fraction of sp³-hybridized carbons (Fsp3) is 0.896. The number of esters is 4. The van der Waals surface area contributed by atoms with Crippen LogP contribution in [0.15, 0.2) is 0 Å². The predicted molar refractivity (Wildman–Crippen MR) is 404 cm³/mol. The van der Waals surface area contributed by atoms with Crippen molar-refractivity contribution in [3.8, 4) is 0 Å². The van der Waals surface area contributed by atoms with Gasteiger partial charge < -0.3 is 39.4 Å². The first-order valence-corrected chi connectivity index (χ1v) is 43.4. The molecule has 0 aliphatic rings. The number of rotatable bonds is 72. The Balaban J connectivity index is 8.98. The van der Waals surface area contributed by atoms with Crippen LogP contribution in [0.25, 0.3) is 0 Å². The van der Waals surface area contributed by atoms with Crippen LogP contribution in [0.1, 0.15) is 338 Å². The number of aliphatic carboxylic acids is 4. The highest BCUT2D eigenvalue weighted by Crippen LogP contribution is 2.49. The van der Waals surface area contributed by atoms with E-state index >= 15 is 19.2 Å². The highest BCUT2D eigenvalue weighted by atomic mass is 32.2. The van der Waals surface area contributed by atoms with E-state index in [-0.39, 0.29) is 97.4 Å². The third kappa shape index (κ3) is 52.7. The molecule has 0 aromatic carbocycles. The lowest BCUT2D eigenvalue weighted by atomic mass is 9.64. The Morgan fingerprint density at radius 1 is 0.278 bits per heavy atom. The average molecular weight is 1450 g/mol. The molecule has 8 unspecified atom stereocenters. The van der Waals surface area contributed by atoms with Crippen molar-refractivity contribution in [1.82, 2.24) is 0 Å². The van der Waals surface area contributed by atoms with E-state index in [0.29, 0.717) is 51.4 Å². The molecule has 0 amide bonds. The van der Waals surface area contributed by atoms with Crippen LogP contribution >= 0.6 is 47.0 Å². The molecule has 0 heterocycles. The van der Waals surface area contributed by atoms with Gasteiger partial charge in [0, 0.05) is 46.0 Å².